The van der Waals surface area contributed by atoms with E-state index in [0.29, 0.717) is 35.1 Å². The van der Waals surface area contributed by atoms with Gasteiger partial charge in [0, 0.05) is 50.6 Å². The summed E-state index contributed by atoms with van der Waals surface area (Å²) in [4.78, 5) is 23.3. The Morgan fingerprint density at radius 3 is 2.69 bits per heavy atom. The molecule has 1 aliphatic rings. The number of hydrogen-bond acceptors (Lipinski definition) is 7. The maximum absolute atomic E-state index is 13.3. The SMILES string of the molecule is CCC(CCN(C)C1CCOCC1)S(=O)(=O)c1ccc(CNC(=O)c2cnc3nccn3c2)cc1. The van der Waals surface area contributed by atoms with Gasteiger partial charge in [-0.3, -0.25) is 9.20 Å². The average molecular weight is 500 g/mol. The molecule has 0 saturated carbocycles. The Labute approximate surface area is 206 Å². The maximum atomic E-state index is 13.3. The lowest BCUT2D eigenvalue weighted by atomic mass is 10.1. The summed E-state index contributed by atoms with van der Waals surface area (Å²) in [5.41, 5.74) is 1.24. The molecule has 0 spiro atoms. The highest BCUT2D eigenvalue weighted by atomic mass is 32.2. The van der Waals surface area contributed by atoms with Gasteiger partial charge in [-0.05, 0) is 57.0 Å². The quantitative estimate of drug-likeness (QED) is 0.457. The van der Waals surface area contributed by atoms with E-state index in [1.807, 2.05) is 6.92 Å². The van der Waals surface area contributed by atoms with Crippen LogP contribution in [0.1, 0.15) is 48.5 Å². The Kier molecular flexibility index (Phi) is 8.15. The highest BCUT2D eigenvalue weighted by Gasteiger charge is 2.27. The van der Waals surface area contributed by atoms with E-state index in [9.17, 15) is 13.2 Å². The van der Waals surface area contributed by atoms with Gasteiger partial charge in [0.25, 0.3) is 5.91 Å². The van der Waals surface area contributed by atoms with Gasteiger partial charge in [-0.25, -0.2) is 18.4 Å². The molecule has 0 bridgehead atoms. The molecule has 3 heterocycles. The molecule has 188 valence electrons. The second kappa shape index (κ2) is 11.3. The van der Waals surface area contributed by atoms with E-state index in [1.165, 1.54) is 6.20 Å². The Balaban J connectivity index is 1.33. The summed E-state index contributed by atoms with van der Waals surface area (Å²) in [5, 5.41) is 2.42. The summed E-state index contributed by atoms with van der Waals surface area (Å²) in [7, 11) is -1.37. The minimum Gasteiger partial charge on any atom is -0.381 e. The van der Waals surface area contributed by atoms with Gasteiger partial charge < -0.3 is 15.0 Å². The molecule has 4 rings (SSSR count). The molecule has 1 aliphatic heterocycles. The number of hydrogen-bond donors (Lipinski definition) is 1. The lowest BCUT2D eigenvalue weighted by molar-refractivity contribution is 0.0427. The third-order valence-electron chi connectivity index (χ3n) is 6.72. The lowest BCUT2D eigenvalue weighted by Gasteiger charge is -2.32. The molecule has 1 atom stereocenters. The number of rotatable bonds is 10. The predicted molar refractivity (Wildman–Crippen MR) is 133 cm³/mol. The molecule has 9 nitrogen and oxygen atoms in total. The van der Waals surface area contributed by atoms with Crippen molar-refractivity contribution in [1.29, 1.82) is 0 Å². The highest BCUT2D eigenvalue weighted by Crippen LogP contribution is 2.23. The molecule has 1 unspecified atom stereocenters. The van der Waals surface area contributed by atoms with E-state index >= 15 is 0 Å². The average Bonchev–Trinajstić information content (AvgIpc) is 3.36. The number of nitrogens with zero attached hydrogens (tertiary/aromatic N) is 4. The molecular formula is C25H33N5O4S. The third-order valence-corrected chi connectivity index (χ3v) is 9.10. The number of sulfone groups is 1. The number of carbonyl (C=O) groups is 1. The van der Waals surface area contributed by atoms with Gasteiger partial charge in [0.15, 0.2) is 9.84 Å². The van der Waals surface area contributed by atoms with Gasteiger partial charge in [-0.15, -0.1) is 0 Å². The summed E-state index contributed by atoms with van der Waals surface area (Å²) in [6.45, 7) is 4.50. The van der Waals surface area contributed by atoms with E-state index in [1.54, 1.807) is 47.3 Å². The normalized spacial score (nSPS) is 16.0. The van der Waals surface area contributed by atoms with E-state index in [4.69, 9.17) is 4.74 Å². The van der Waals surface area contributed by atoms with Crippen molar-refractivity contribution in [3.8, 4) is 0 Å². The second-order valence-corrected chi connectivity index (χ2v) is 11.2. The number of imidazole rings is 1. The Hall–Kier alpha value is -2.82. The van der Waals surface area contributed by atoms with E-state index < -0.39 is 15.1 Å². The van der Waals surface area contributed by atoms with Crippen LogP contribution in [0.15, 0.2) is 53.9 Å². The number of nitrogens with one attached hydrogen (secondary N) is 1. The molecule has 0 aliphatic carbocycles. The molecule has 2 aromatic heterocycles. The van der Waals surface area contributed by atoms with Crippen LogP contribution in [0, 0.1) is 0 Å². The Bertz CT molecular complexity index is 1240. The third kappa shape index (κ3) is 6.06. The van der Waals surface area contributed by atoms with Crippen LogP contribution >= 0.6 is 0 Å². The summed E-state index contributed by atoms with van der Waals surface area (Å²) in [6, 6.07) is 7.24. The van der Waals surface area contributed by atoms with Gasteiger partial charge >= 0.3 is 0 Å². The topological polar surface area (TPSA) is 106 Å². The van der Waals surface area contributed by atoms with E-state index in [0.717, 1.165) is 38.2 Å². The Morgan fingerprint density at radius 2 is 1.97 bits per heavy atom. The highest BCUT2D eigenvalue weighted by molar-refractivity contribution is 7.92. The van der Waals surface area contributed by atoms with Crippen molar-refractivity contribution in [2.45, 2.75) is 55.3 Å². The van der Waals surface area contributed by atoms with Crippen LogP contribution < -0.4 is 5.32 Å². The van der Waals surface area contributed by atoms with Gasteiger partial charge in [-0.2, -0.15) is 0 Å². The van der Waals surface area contributed by atoms with Crippen LogP contribution in [-0.2, 0) is 21.1 Å². The number of aromatic nitrogens is 3. The van der Waals surface area contributed by atoms with Crippen LogP contribution in [0.3, 0.4) is 0 Å². The summed E-state index contributed by atoms with van der Waals surface area (Å²) >= 11 is 0. The zero-order chi connectivity index (χ0) is 24.8. The first-order valence-electron chi connectivity index (χ1n) is 12.1. The predicted octanol–water partition coefficient (Wildman–Crippen LogP) is 2.71. The largest absolute Gasteiger partial charge is 0.381 e. The van der Waals surface area contributed by atoms with E-state index in [2.05, 4.69) is 27.2 Å². The monoisotopic (exact) mass is 499 g/mol. The van der Waals surface area contributed by atoms with Crippen molar-refractivity contribution in [2.24, 2.45) is 0 Å². The summed E-state index contributed by atoms with van der Waals surface area (Å²) < 4.78 is 33.7. The molecular weight excluding hydrogens is 466 g/mol. The van der Waals surface area contributed by atoms with Gasteiger partial charge in [0.05, 0.1) is 15.7 Å². The first-order valence-corrected chi connectivity index (χ1v) is 13.6. The van der Waals surface area contributed by atoms with Gasteiger partial charge in [0.2, 0.25) is 5.78 Å². The van der Waals surface area contributed by atoms with Crippen molar-refractivity contribution < 1.29 is 17.9 Å². The van der Waals surface area contributed by atoms with Crippen LogP contribution in [0.5, 0.6) is 0 Å². The number of ether oxygens (including phenoxy) is 1. The fourth-order valence-electron chi connectivity index (χ4n) is 4.44. The van der Waals surface area contributed by atoms with Crippen LogP contribution in [0.2, 0.25) is 0 Å². The molecule has 0 radical (unpaired) electrons. The maximum Gasteiger partial charge on any atom is 0.254 e. The smallest absolute Gasteiger partial charge is 0.254 e. The fourth-order valence-corrected chi connectivity index (χ4v) is 6.20. The zero-order valence-corrected chi connectivity index (χ0v) is 21.1. The van der Waals surface area contributed by atoms with Crippen LogP contribution in [0.4, 0.5) is 0 Å². The van der Waals surface area contributed by atoms with E-state index in [-0.39, 0.29) is 12.5 Å². The van der Waals surface area contributed by atoms with Crippen molar-refractivity contribution in [3.05, 3.63) is 60.2 Å². The molecule has 10 heteroatoms. The molecule has 3 aromatic rings. The molecule has 1 aromatic carbocycles. The van der Waals surface area contributed by atoms with Crippen molar-refractivity contribution in [1.82, 2.24) is 24.6 Å². The minimum atomic E-state index is -3.44. The molecule has 1 saturated heterocycles. The second-order valence-electron chi connectivity index (χ2n) is 8.99. The molecule has 35 heavy (non-hydrogen) atoms. The summed E-state index contributed by atoms with van der Waals surface area (Å²) in [5.74, 6) is 0.267. The van der Waals surface area contributed by atoms with Crippen LogP contribution in [-0.4, -0.2) is 71.7 Å². The van der Waals surface area contributed by atoms with Crippen LogP contribution in [0.25, 0.3) is 5.78 Å². The molecule has 1 fully saturated rings. The first-order chi connectivity index (χ1) is 16.9. The standard InChI is InChI=1S/C25H33N5O4S/c1-3-22(8-12-29(2)21-9-14-34-15-10-21)35(32,33)23-6-4-19(5-7-23)16-27-24(31)20-17-28-25-26-11-13-30(25)18-20/h4-7,11,13,17-18,21-22H,3,8-10,12,14-16H2,1-2H3,(H,27,31). The minimum absolute atomic E-state index is 0.260. The van der Waals surface area contributed by atoms with Gasteiger partial charge in [-0.1, -0.05) is 19.1 Å². The van der Waals surface area contributed by atoms with Crippen molar-refractivity contribution in [3.63, 3.8) is 0 Å². The fraction of sp³-hybridized carbons (Fsp3) is 0.480. The number of carbonyl (C=O) groups excluding carboxylic acids is 1. The lowest BCUT2D eigenvalue weighted by Crippen LogP contribution is -2.38. The first kappa shape index (κ1) is 25.3. The molecule has 1 N–H and O–H groups in total. The van der Waals surface area contributed by atoms with Crippen molar-refractivity contribution in [2.75, 3.05) is 26.8 Å². The van der Waals surface area contributed by atoms with Crippen molar-refractivity contribution >= 4 is 21.5 Å². The number of benzene rings is 1. The number of fused-ring (bicyclic) bond motifs is 1. The Morgan fingerprint density at radius 1 is 1.23 bits per heavy atom. The molecule has 1 amide bonds. The number of amides is 1. The van der Waals surface area contributed by atoms with Gasteiger partial charge in [0.1, 0.15) is 0 Å². The zero-order valence-electron chi connectivity index (χ0n) is 20.3. The summed E-state index contributed by atoms with van der Waals surface area (Å²) in [6.07, 6.45) is 9.65.